The molecular formula is C12H12FNO2. The standard InChI is InChI=1S/C12H12FNO2/c13-11-5-3-9(2-1-7-14)8-10(11)4-6-12(15)16/h1-6,8H,7,14H2,(H,15,16)/b2-1?,6-4+. The zero-order chi connectivity index (χ0) is 12.0. The summed E-state index contributed by atoms with van der Waals surface area (Å²) in [6.07, 6.45) is 5.60. The van der Waals surface area contributed by atoms with Crippen molar-refractivity contribution in [2.75, 3.05) is 6.54 Å². The monoisotopic (exact) mass is 221 g/mol. The first-order chi connectivity index (χ1) is 7.63. The third-order valence-electron chi connectivity index (χ3n) is 1.87. The highest BCUT2D eigenvalue weighted by molar-refractivity contribution is 5.85. The lowest BCUT2D eigenvalue weighted by atomic mass is 10.1. The molecule has 0 heterocycles. The molecule has 0 saturated heterocycles. The van der Waals surface area contributed by atoms with Gasteiger partial charge in [0.1, 0.15) is 5.82 Å². The Morgan fingerprint density at radius 1 is 1.44 bits per heavy atom. The van der Waals surface area contributed by atoms with Crippen molar-refractivity contribution in [1.29, 1.82) is 0 Å². The van der Waals surface area contributed by atoms with E-state index in [1.807, 2.05) is 0 Å². The predicted molar refractivity (Wildman–Crippen MR) is 61.2 cm³/mol. The molecule has 4 heteroatoms. The number of carboxylic acids is 1. The van der Waals surface area contributed by atoms with Crippen LogP contribution >= 0.6 is 0 Å². The van der Waals surface area contributed by atoms with E-state index in [4.69, 9.17) is 10.8 Å². The summed E-state index contributed by atoms with van der Waals surface area (Å²) in [5.74, 6) is -1.57. The minimum atomic E-state index is -1.11. The summed E-state index contributed by atoms with van der Waals surface area (Å²) in [7, 11) is 0. The van der Waals surface area contributed by atoms with Crippen LogP contribution in [0.4, 0.5) is 4.39 Å². The van der Waals surface area contributed by atoms with Crippen molar-refractivity contribution in [1.82, 2.24) is 0 Å². The van der Waals surface area contributed by atoms with Gasteiger partial charge in [-0.1, -0.05) is 18.2 Å². The SMILES string of the molecule is NCC=Cc1ccc(F)c(/C=C/C(=O)O)c1. The van der Waals surface area contributed by atoms with Crippen LogP contribution in [0.15, 0.2) is 30.4 Å². The maximum Gasteiger partial charge on any atom is 0.328 e. The molecule has 0 bridgehead atoms. The molecule has 0 radical (unpaired) electrons. The summed E-state index contributed by atoms with van der Waals surface area (Å²) in [6.45, 7) is 0.400. The van der Waals surface area contributed by atoms with Gasteiger partial charge in [-0.25, -0.2) is 9.18 Å². The Morgan fingerprint density at radius 3 is 2.81 bits per heavy atom. The second-order valence-electron chi connectivity index (χ2n) is 3.09. The molecule has 3 nitrogen and oxygen atoms in total. The van der Waals surface area contributed by atoms with E-state index in [9.17, 15) is 9.18 Å². The van der Waals surface area contributed by atoms with E-state index in [2.05, 4.69) is 0 Å². The molecule has 0 spiro atoms. The number of hydrogen-bond acceptors (Lipinski definition) is 2. The molecule has 1 aromatic rings. The highest BCUT2D eigenvalue weighted by Crippen LogP contribution is 2.13. The van der Waals surface area contributed by atoms with Crippen LogP contribution in [0.25, 0.3) is 12.2 Å². The van der Waals surface area contributed by atoms with E-state index in [0.29, 0.717) is 6.54 Å². The van der Waals surface area contributed by atoms with Crippen LogP contribution in [-0.4, -0.2) is 17.6 Å². The summed E-state index contributed by atoms with van der Waals surface area (Å²) in [6, 6.07) is 4.44. The average Bonchev–Trinajstić information content (AvgIpc) is 2.26. The summed E-state index contributed by atoms with van der Waals surface area (Å²) >= 11 is 0. The minimum absolute atomic E-state index is 0.238. The third-order valence-corrected chi connectivity index (χ3v) is 1.87. The quantitative estimate of drug-likeness (QED) is 0.763. The number of benzene rings is 1. The molecule has 1 rings (SSSR count). The number of rotatable bonds is 4. The van der Waals surface area contributed by atoms with Crippen molar-refractivity contribution in [3.05, 3.63) is 47.3 Å². The topological polar surface area (TPSA) is 63.3 Å². The summed E-state index contributed by atoms with van der Waals surface area (Å²) in [4.78, 5) is 10.3. The molecule has 0 aliphatic carbocycles. The summed E-state index contributed by atoms with van der Waals surface area (Å²) in [5.41, 5.74) is 6.30. The molecule has 0 unspecified atom stereocenters. The van der Waals surface area contributed by atoms with Gasteiger partial charge < -0.3 is 10.8 Å². The van der Waals surface area contributed by atoms with Gasteiger partial charge in [-0.15, -0.1) is 0 Å². The van der Waals surface area contributed by atoms with Crippen LogP contribution < -0.4 is 5.73 Å². The van der Waals surface area contributed by atoms with Crippen LogP contribution in [0.5, 0.6) is 0 Å². The Morgan fingerprint density at radius 2 is 2.19 bits per heavy atom. The van der Waals surface area contributed by atoms with Gasteiger partial charge in [0.05, 0.1) is 0 Å². The van der Waals surface area contributed by atoms with Crippen LogP contribution in [-0.2, 0) is 4.79 Å². The average molecular weight is 221 g/mol. The third kappa shape index (κ3) is 3.67. The number of hydrogen-bond donors (Lipinski definition) is 2. The first-order valence-electron chi connectivity index (χ1n) is 4.70. The molecular weight excluding hydrogens is 209 g/mol. The highest BCUT2D eigenvalue weighted by atomic mass is 19.1. The number of halogens is 1. The van der Waals surface area contributed by atoms with Crippen molar-refractivity contribution in [3.8, 4) is 0 Å². The molecule has 0 saturated carbocycles. The zero-order valence-electron chi connectivity index (χ0n) is 8.56. The van der Waals surface area contributed by atoms with Gasteiger partial charge in [-0.05, 0) is 23.8 Å². The molecule has 0 aliphatic heterocycles. The Bertz CT molecular complexity index is 439. The number of carboxylic acid groups (broad SMARTS) is 1. The van der Waals surface area contributed by atoms with E-state index in [1.165, 1.54) is 12.1 Å². The van der Waals surface area contributed by atoms with Crippen LogP contribution in [0.3, 0.4) is 0 Å². The number of nitrogens with two attached hydrogens (primary N) is 1. The van der Waals surface area contributed by atoms with Crippen LogP contribution in [0, 0.1) is 5.82 Å². The second-order valence-corrected chi connectivity index (χ2v) is 3.09. The van der Waals surface area contributed by atoms with Crippen LogP contribution in [0.1, 0.15) is 11.1 Å². The summed E-state index contributed by atoms with van der Waals surface area (Å²) < 4.78 is 13.2. The van der Waals surface area contributed by atoms with Crippen LogP contribution in [0.2, 0.25) is 0 Å². The maximum atomic E-state index is 13.2. The molecule has 0 amide bonds. The molecule has 0 fully saturated rings. The van der Waals surface area contributed by atoms with E-state index in [0.717, 1.165) is 11.6 Å². The lowest BCUT2D eigenvalue weighted by molar-refractivity contribution is -0.131. The molecule has 1 aromatic carbocycles. The highest BCUT2D eigenvalue weighted by Gasteiger charge is 1.99. The van der Waals surface area contributed by atoms with Crippen molar-refractivity contribution >= 4 is 18.1 Å². The normalized spacial score (nSPS) is 11.4. The summed E-state index contributed by atoms with van der Waals surface area (Å²) in [5, 5.41) is 8.44. The Labute approximate surface area is 92.7 Å². The molecule has 0 aliphatic rings. The van der Waals surface area contributed by atoms with E-state index >= 15 is 0 Å². The van der Waals surface area contributed by atoms with E-state index < -0.39 is 11.8 Å². The van der Waals surface area contributed by atoms with Gasteiger partial charge in [0.25, 0.3) is 0 Å². The minimum Gasteiger partial charge on any atom is -0.478 e. The van der Waals surface area contributed by atoms with E-state index in [-0.39, 0.29) is 5.56 Å². The van der Waals surface area contributed by atoms with Gasteiger partial charge in [0.15, 0.2) is 0 Å². The molecule has 0 atom stereocenters. The van der Waals surface area contributed by atoms with Gasteiger partial charge in [0.2, 0.25) is 0 Å². The lowest BCUT2D eigenvalue weighted by Crippen LogP contribution is -1.92. The molecule has 3 N–H and O–H groups in total. The first kappa shape index (κ1) is 12.1. The van der Waals surface area contributed by atoms with Gasteiger partial charge in [0, 0.05) is 18.2 Å². The Hall–Kier alpha value is -1.94. The first-order valence-corrected chi connectivity index (χ1v) is 4.70. The fourth-order valence-corrected chi connectivity index (χ4v) is 1.16. The van der Waals surface area contributed by atoms with Gasteiger partial charge >= 0.3 is 5.97 Å². The number of aliphatic carboxylic acids is 1. The van der Waals surface area contributed by atoms with Crippen molar-refractivity contribution in [2.24, 2.45) is 5.73 Å². The zero-order valence-corrected chi connectivity index (χ0v) is 8.56. The van der Waals surface area contributed by atoms with Gasteiger partial charge in [-0.3, -0.25) is 0 Å². The smallest absolute Gasteiger partial charge is 0.328 e. The van der Waals surface area contributed by atoms with Crippen molar-refractivity contribution < 1.29 is 14.3 Å². The number of carbonyl (C=O) groups is 1. The second kappa shape index (κ2) is 5.82. The fraction of sp³-hybridized carbons (Fsp3) is 0.0833. The molecule has 16 heavy (non-hydrogen) atoms. The predicted octanol–water partition coefficient (Wildman–Crippen LogP) is 1.90. The molecule has 0 aromatic heterocycles. The largest absolute Gasteiger partial charge is 0.478 e. The lowest BCUT2D eigenvalue weighted by Gasteiger charge is -1.99. The Kier molecular flexibility index (Phi) is 4.42. The maximum absolute atomic E-state index is 13.2. The van der Waals surface area contributed by atoms with E-state index in [1.54, 1.807) is 24.3 Å². The van der Waals surface area contributed by atoms with Crippen molar-refractivity contribution in [3.63, 3.8) is 0 Å². The van der Waals surface area contributed by atoms with Crippen molar-refractivity contribution in [2.45, 2.75) is 0 Å². The fourth-order valence-electron chi connectivity index (χ4n) is 1.16. The molecule has 84 valence electrons. The Balaban J connectivity index is 2.99. The van der Waals surface area contributed by atoms with Gasteiger partial charge in [-0.2, -0.15) is 0 Å².